The van der Waals surface area contributed by atoms with Gasteiger partial charge in [0, 0.05) is 17.5 Å². The van der Waals surface area contributed by atoms with Crippen LogP contribution < -0.4 is 5.32 Å². The first kappa shape index (κ1) is 12.4. The second-order valence-corrected chi connectivity index (χ2v) is 5.39. The van der Waals surface area contributed by atoms with E-state index in [-0.39, 0.29) is 6.03 Å². The van der Waals surface area contributed by atoms with Crippen LogP contribution in [0.3, 0.4) is 0 Å². The number of carbonyl (C=O) groups excluding carboxylic acids is 1. The predicted octanol–water partition coefficient (Wildman–Crippen LogP) is 2.71. The van der Waals surface area contributed by atoms with Crippen molar-refractivity contribution in [3.8, 4) is 0 Å². The molecule has 0 unspecified atom stereocenters. The van der Waals surface area contributed by atoms with Gasteiger partial charge in [0.25, 0.3) is 0 Å². The first-order chi connectivity index (χ1) is 9.22. The number of urea groups is 1. The molecule has 1 aromatic heterocycles. The fraction of sp³-hybridized carbons (Fsp3) is 0.462. The molecule has 2 heterocycles. The second-order valence-electron chi connectivity index (χ2n) is 4.91. The van der Waals surface area contributed by atoms with Gasteiger partial charge in [0.2, 0.25) is 0 Å². The summed E-state index contributed by atoms with van der Waals surface area (Å²) in [6, 6.07) is 3.56. The van der Waals surface area contributed by atoms with Crippen molar-refractivity contribution in [1.82, 2.24) is 15.1 Å². The lowest BCUT2D eigenvalue weighted by Gasteiger charge is -2.25. The van der Waals surface area contributed by atoms with E-state index in [1.54, 1.807) is 11.0 Å². The van der Waals surface area contributed by atoms with Gasteiger partial charge in [-0.2, -0.15) is 5.10 Å². The highest BCUT2D eigenvalue weighted by Gasteiger charge is 2.25. The van der Waals surface area contributed by atoms with Crippen molar-refractivity contribution in [1.29, 1.82) is 0 Å². The fourth-order valence-electron chi connectivity index (χ4n) is 2.07. The van der Waals surface area contributed by atoms with Gasteiger partial charge in [0.05, 0.1) is 12.2 Å². The number of hydrogen-bond acceptors (Lipinski definition) is 3. The molecule has 3 rings (SSSR count). The van der Waals surface area contributed by atoms with Gasteiger partial charge in [0.1, 0.15) is 0 Å². The number of anilines is 1. The number of carbonyl (C=O) groups is 1. The molecule has 5 nitrogen and oxygen atoms in total. The summed E-state index contributed by atoms with van der Waals surface area (Å²) >= 11 is 5.93. The fourth-order valence-corrected chi connectivity index (χ4v) is 2.32. The minimum absolute atomic E-state index is 0.181. The Morgan fingerprint density at radius 2 is 2.21 bits per heavy atom. The van der Waals surface area contributed by atoms with Crippen LogP contribution in [0.5, 0.6) is 0 Å². The van der Waals surface area contributed by atoms with E-state index in [1.807, 2.05) is 12.1 Å². The highest BCUT2D eigenvalue weighted by molar-refractivity contribution is 6.30. The molecule has 1 saturated carbocycles. The van der Waals surface area contributed by atoms with Gasteiger partial charge in [-0.3, -0.25) is 5.32 Å². The monoisotopic (exact) mass is 278 g/mol. The van der Waals surface area contributed by atoms with Crippen LogP contribution in [0.2, 0.25) is 0 Å². The molecule has 2 amide bonds. The highest BCUT2D eigenvalue weighted by Crippen LogP contribution is 2.38. The van der Waals surface area contributed by atoms with E-state index in [2.05, 4.69) is 15.5 Å². The summed E-state index contributed by atoms with van der Waals surface area (Å²) in [7, 11) is 0. The number of nitrogens with one attached hydrogen (secondary N) is 1. The molecule has 0 spiro atoms. The Labute approximate surface area is 116 Å². The molecule has 1 aliphatic heterocycles. The summed E-state index contributed by atoms with van der Waals surface area (Å²) < 4.78 is 0. The van der Waals surface area contributed by atoms with E-state index < -0.39 is 0 Å². The van der Waals surface area contributed by atoms with E-state index in [0.717, 1.165) is 12.1 Å². The molecule has 0 aromatic carbocycles. The van der Waals surface area contributed by atoms with Crippen molar-refractivity contribution in [2.24, 2.45) is 0 Å². The van der Waals surface area contributed by atoms with Crippen LogP contribution >= 0.6 is 11.6 Å². The van der Waals surface area contributed by atoms with Crippen LogP contribution in [0.4, 0.5) is 10.6 Å². The summed E-state index contributed by atoms with van der Waals surface area (Å²) in [6.45, 7) is 1.14. The quantitative estimate of drug-likeness (QED) is 0.905. The Kier molecular flexibility index (Phi) is 3.38. The summed E-state index contributed by atoms with van der Waals surface area (Å²) in [5.74, 6) is 1.06. The van der Waals surface area contributed by atoms with Gasteiger partial charge in [-0.1, -0.05) is 17.7 Å². The minimum atomic E-state index is -0.181. The van der Waals surface area contributed by atoms with E-state index in [0.29, 0.717) is 29.9 Å². The number of rotatable bonds is 2. The van der Waals surface area contributed by atoms with Gasteiger partial charge in [-0.05, 0) is 31.4 Å². The highest BCUT2D eigenvalue weighted by atomic mass is 35.5. The van der Waals surface area contributed by atoms with E-state index >= 15 is 0 Å². The van der Waals surface area contributed by atoms with Crippen LogP contribution in [0.15, 0.2) is 23.2 Å². The third-order valence-electron chi connectivity index (χ3n) is 3.31. The van der Waals surface area contributed by atoms with E-state index in [9.17, 15) is 4.79 Å². The van der Waals surface area contributed by atoms with Crippen LogP contribution in [0.25, 0.3) is 0 Å². The van der Waals surface area contributed by atoms with Gasteiger partial charge < -0.3 is 4.90 Å². The van der Waals surface area contributed by atoms with Crippen molar-refractivity contribution < 1.29 is 4.79 Å². The maximum atomic E-state index is 12.0. The molecule has 2 aliphatic rings. The Bertz CT molecular complexity index is 510. The maximum Gasteiger partial charge on any atom is 0.323 e. The van der Waals surface area contributed by atoms with Crippen LogP contribution in [0.1, 0.15) is 30.9 Å². The Balaban J connectivity index is 1.60. The molecule has 100 valence electrons. The smallest absolute Gasteiger partial charge is 0.319 e. The molecule has 1 aromatic rings. The molecule has 6 heteroatoms. The largest absolute Gasteiger partial charge is 0.323 e. The van der Waals surface area contributed by atoms with Gasteiger partial charge in [0.15, 0.2) is 5.82 Å². The van der Waals surface area contributed by atoms with E-state index in [4.69, 9.17) is 11.6 Å². The second kappa shape index (κ2) is 5.17. The lowest BCUT2D eigenvalue weighted by atomic mass is 10.2. The van der Waals surface area contributed by atoms with Gasteiger partial charge in [-0.15, -0.1) is 5.10 Å². The van der Waals surface area contributed by atoms with Crippen LogP contribution in [-0.2, 0) is 0 Å². The molecule has 1 aliphatic carbocycles. The van der Waals surface area contributed by atoms with Crippen molar-refractivity contribution >= 4 is 23.4 Å². The number of nitrogens with zero attached hydrogens (tertiary/aromatic N) is 3. The zero-order chi connectivity index (χ0) is 13.2. The lowest BCUT2D eigenvalue weighted by molar-refractivity contribution is 0.215. The van der Waals surface area contributed by atoms with Crippen LogP contribution in [0, 0.1) is 0 Å². The summed E-state index contributed by atoms with van der Waals surface area (Å²) in [4.78, 5) is 13.7. The number of amides is 2. The normalized spacial score (nSPS) is 19.0. The van der Waals surface area contributed by atoms with E-state index in [1.165, 1.54) is 12.8 Å². The number of hydrogen-bond donors (Lipinski definition) is 1. The Morgan fingerprint density at radius 1 is 1.37 bits per heavy atom. The zero-order valence-electron chi connectivity index (χ0n) is 10.5. The summed E-state index contributed by atoms with van der Waals surface area (Å²) in [6.07, 6.45) is 5.12. The first-order valence-electron chi connectivity index (χ1n) is 6.46. The Hall–Kier alpha value is -1.62. The molecular weight excluding hydrogens is 264 g/mol. The first-order valence-corrected chi connectivity index (χ1v) is 6.84. The third-order valence-corrected chi connectivity index (χ3v) is 3.58. The Morgan fingerprint density at radius 3 is 2.84 bits per heavy atom. The summed E-state index contributed by atoms with van der Waals surface area (Å²) in [5.41, 5.74) is 1.02. The average Bonchev–Trinajstić information content (AvgIpc) is 3.24. The van der Waals surface area contributed by atoms with Crippen LogP contribution in [-0.4, -0.2) is 34.2 Å². The number of halogens is 1. The SMILES string of the molecule is O=C(Nc1ccc(C2CC2)nn1)N1CCC=C(Cl)C1. The molecule has 0 saturated heterocycles. The maximum absolute atomic E-state index is 12.0. The lowest BCUT2D eigenvalue weighted by Crippen LogP contribution is -2.38. The molecule has 19 heavy (non-hydrogen) atoms. The van der Waals surface area contributed by atoms with Crippen molar-refractivity contribution in [3.63, 3.8) is 0 Å². The zero-order valence-corrected chi connectivity index (χ0v) is 11.2. The van der Waals surface area contributed by atoms with Crippen molar-refractivity contribution in [2.45, 2.75) is 25.2 Å². The van der Waals surface area contributed by atoms with Gasteiger partial charge in [-0.25, -0.2) is 4.79 Å². The average molecular weight is 279 g/mol. The molecule has 1 N–H and O–H groups in total. The third kappa shape index (κ3) is 3.04. The molecule has 0 radical (unpaired) electrons. The number of aromatic nitrogens is 2. The molecule has 0 atom stereocenters. The summed E-state index contributed by atoms with van der Waals surface area (Å²) in [5, 5.41) is 11.6. The van der Waals surface area contributed by atoms with Crippen molar-refractivity contribution in [3.05, 3.63) is 28.9 Å². The standard InChI is InChI=1S/C13H15ClN4O/c14-10-2-1-7-18(8-10)13(19)15-12-6-5-11(16-17-12)9-3-4-9/h2,5-6,9H,1,3-4,7-8H2,(H,15,17,19). The topological polar surface area (TPSA) is 58.1 Å². The minimum Gasteiger partial charge on any atom is -0.319 e. The molecular formula is C13H15ClN4O. The predicted molar refractivity (Wildman–Crippen MR) is 73.2 cm³/mol. The molecule has 1 fully saturated rings. The molecule has 0 bridgehead atoms. The van der Waals surface area contributed by atoms with Gasteiger partial charge >= 0.3 is 6.03 Å². The van der Waals surface area contributed by atoms with Crippen molar-refractivity contribution in [2.75, 3.05) is 18.4 Å².